The summed E-state index contributed by atoms with van der Waals surface area (Å²) < 4.78 is 0. The van der Waals surface area contributed by atoms with Crippen LogP contribution in [0.2, 0.25) is 0 Å². The van der Waals surface area contributed by atoms with Crippen molar-refractivity contribution in [2.24, 2.45) is 0 Å². The number of aryl methyl sites for hydroxylation is 1. The third-order valence-electron chi connectivity index (χ3n) is 1.10. The molecule has 0 aromatic carbocycles. The SMILES string of the molecule is Cc1ccc(/C=C/C=O)s1. The molecular weight excluding hydrogens is 144 g/mol. The fourth-order valence-corrected chi connectivity index (χ4v) is 1.47. The van der Waals surface area contributed by atoms with Crippen molar-refractivity contribution in [2.45, 2.75) is 6.92 Å². The molecule has 0 aliphatic heterocycles. The molecule has 0 amide bonds. The van der Waals surface area contributed by atoms with E-state index in [0.717, 1.165) is 11.2 Å². The van der Waals surface area contributed by atoms with Crippen LogP contribution in [0.25, 0.3) is 6.08 Å². The maximum Gasteiger partial charge on any atom is 0.142 e. The monoisotopic (exact) mass is 152 g/mol. The van der Waals surface area contributed by atoms with Gasteiger partial charge in [-0.3, -0.25) is 4.79 Å². The Labute approximate surface area is 64.0 Å². The molecule has 0 N–H and O–H groups in total. The predicted octanol–water partition coefficient (Wildman–Crippen LogP) is 2.27. The lowest BCUT2D eigenvalue weighted by atomic mass is 10.4. The van der Waals surface area contributed by atoms with Crippen molar-refractivity contribution in [1.82, 2.24) is 0 Å². The molecular formula is C8H8OS. The molecule has 0 spiro atoms. The van der Waals surface area contributed by atoms with Gasteiger partial charge in [-0.05, 0) is 31.2 Å². The van der Waals surface area contributed by atoms with Crippen LogP contribution >= 0.6 is 11.3 Å². The van der Waals surface area contributed by atoms with Crippen LogP contribution in [0, 0.1) is 6.92 Å². The summed E-state index contributed by atoms with van der Waals surface area (Å²) in [4.78, 5) is 12.3. The Morgan fingerprint density at radius 2 is 2.30 bits per heavy atom. The van der Waals surface area contributed by atoms with E-state index in [9.17, 15) is 4.79 Å². The van der Waals surface area contributed by atoms with Crippen molar-refractivity contribution in [1.29, 1.82) is 0 Å². The van der Waals surface area contributed by atoms with Crippen LogP contribution in [-0.2, 0) is 4.79 Å². The van der Waals surface area contributed by atoms with Gasteiger partial charge in [0.25, 0.3) is 0 Å². The first-order chi connectivity index (χ1) is 4.83. The van der Waals surface area contributed by atoms with Crippen LogP contribution in [0.15, 0.2) is 18.2 Å². The number of rotatable bonds is 2. The van der Waals surface area contributed by atoms with E-state index in [2.05, 4.69) is 0 Å². The molecule has 0 unspecified atom stereocenters. The lowest BCUT2D eigenvalue weighted by Gasteiger charge is -1.77. The van der Waals surface area contributed by atoms with Crippen LogP contribution in [0.4, 0.5) is 0 Å². The topological polar surface area (TPSA) is 17.1 Å². The average Bonchev–Trinajstić information content (AvgIpc) is 2.31. The summed E-state index contributed by atoms with van der Waals surface area (Å²) in [5.74, 6) is 0. The van der Waals surface area contributed by atoms with E-state index in [1.807, 2.05) is 25.1 Å². The van der Waals surface area contributed by atoms with Crippen LogP contribution in [0.5, 0.6) is 0 Å². The highest BCUT2D eigenvalue weighted by Gasteiger charge is 1.88. The van der Waals surface area contributed by atoms with Crippen molar-refractivity contribution in [3.05, 3.63) is 28.0 Å². The summed E-state index contributed by atoms with van der Waals surface area (Å²) in [5.41, 5.74) is 0. The number of carbonyl (C=O) groups excluding carboxylic acids is 1. The Balaban J connectivity index is 2.75. The fourth-order valence-electron chi connectivity index (χ4n) is 0.677. The summed E-state index contributed by atoms with van der Waals surface area (Å²) in [6.45, 7) is 2.04. The highest BCUT2D eigenvalue weighted by Crippen LogP contribution is 2.15. The van der Waals surface area contributed by atoms with Gasteiger partial charge < -0.3 is 0 Å². The first-order valence-corrected chi connectivity index (χ1v) is 3.83. The Morgan fingerprint density at radius 3 is 2.80 bits per heavy atom. The smallest absolute Gasteiger partial charge is 0.142 e. The second-order valence-corrected chi connectivity index (χ2v) is 3.26. The molecule has 1 rings (SSSR count). The summed E-state index contributed by atoms with van der Waals surface area (Å²) in [6, 6.07) is 4.04. The molecule has 1 heterocycles. The normalized spacial score (nSPS) is 10.5. The van der Waals surface area contributed by atoms with E-state index in [-0.39, 0.29) is 0 Å². The molecule has 52 valence electrons. The van der Waals surface area contributed by atoms with Gasteiger partial charge in [0.05, 0.1) is 0 Å². The quantitative estimate of drug-likeness (QED) is 0.469. The van der Waals surface area contributed by atoms with Gasteiger partial charge in [0.15, 0.2) is 0 Å². The van der Waals surface area contributed by atoms with Crippen molar-refractivity contribution >= 4 is 23.7 Å². The molecule has 0 saturated heterocycles. The van der Waals surface area contributed by atoms with Gasteiger partial charge in [-0.1, -0.05) is 0 Å². The molecule has 0 aliphatic rings. The molecule has 0 radical (unpaired) electrons. The van der Waals surface area contributed by atoms with Gasteiger partial charge in [0, 0.05) is 9.75 Å². The van der Waals surface area contributed by atoms with E-state index in [1.165, 1.54) is 11.0 Å². The average molecular weight is 152 g/mol. The van der Waals surface area contributed by atoms with E-state index < -0.39 is 0 Å². The maximum atomic E-state index is 9.90. The van der Waals surface area contributed by atoms with Crippen molar-refractivity contribution in [3.8, 4) is 0 Å². The van der Waals surface area contributed by atoms with E-state index in [1.54, 1.807) is 11.3 Å². The lowest BCUT2D eigenvalue weighted by molar-refractivity contribution is -0.104. The van der Waals surface area contributed by atoms with Crippen LogP contribution < -0.4 is 0 Å². The Hall–Kier alpha value is -0.890. The molecule has 1 aromatic rings. The number of aldehydes is 1. The van der Waals surface area contributed by atoms with Crippen LogP contribution in [0.1, 0.15) is 9.75 Å². The Morgan fingerprint density at radius 1 is 1.50 bits per heavy atom. The molecule has 10 heavy (non-hydrogen) atoms. The number of hydrogen-bond donors (Lipinski definition) is 0. The highest BCUT2D eigenvalue weighted by atomic mass is 32.1. The van der Waals surface area contributed by atoms with Crippen molar-refractivity contribution < 1.29 is 4.79 Å². The number of hydrogen-bond acceptors (Lipinski definition) is 2. The van der Waals surface area contributed by atoms with Crippen LogP contribution in [0.3, 0.4) is 0 Å². The molecule has 1 aromatic heterocycles. The second-order valence-electron chi connectivity index (χ2n) is 1.94. The Kier molecular flexibility index (Phi) is 2.40. The van der Waals surface area contributed by atoms with Crippen molar-refractivity contribution in [3.63, 3.8) is 0 Å². The summed E-state index contributed by atoms with van der Waals surface area (Å²) in [6.07, 6.45) is 4.10. The maximum absolute atomic E-state index is 9.90. The second kappa shape index (κ2) is 3.32. The van der Waals surface area contributed by atoms with Gasteiger partial charge in [-0.25, -0.2) is 0 Å². The van der Waals surface area contributed by atoms with Gasteiger partial charge in [-0.2, -0.15) is 0 Å². The summed E-state index contributed by atoms with van der Waals surface area (Å²) in [7, 11) is 0. The lowest BCUT2D eigenvalue weighted by Crippen LogP contribution is -1.58. The van der Waals surface area contributed by atoms with Gasteiger partial charge in [0.2, 0.25) is 0 Å². The molecule has 0 saturated carbocycles. The number of thiophene rings is 1. The zero-order valence-corrected chi connectivity index (χ0v) is 6.52. The summed E-state index contributed by atoms with van der Waals surface area (Å²) >= 11 is 1.68. The zero-order chi connectivity index (χ0) is 7.40. The first kappa shape index (κ1) is 7.22. The van der Waals surface area contributed by atoms with Crippen molar-refractivity contribution in [2.75, 3.05) is 0 Å². The van der Waals surface area contributed by atoms with Crippen LogP contribution in [-0.4, -0.2) is 6.29 Å². The minimum absolute atomic E-state index is 0.787. The summed E-state index contributed by atoms with van der Waals surface area (Å²) in [5, 5.41) is 0. The molecule has 2 heteroatoms. The van der Waals surface area contributed by atoms with E-state index in [0.29, 0.717) is 0 Å². The standard InChI is InChI=1S/C8H8OS/c1-7-4-5-8(10-7)3-2-6-9/h2-6H,1H3/b3-2+. The first-order valence-electron chi connectivity index (χ1n) is 3.01. The number of carbonyl (C=O) groups is 1. The van der Waals surface area contributed by atoms with Gasteiger partial charge >= 0.3 is 0 Å². The van der Waals surface area contributed by atoms with Gasteiger partial charge in [-0.15, -0.1) is 11.3 Å². The zero-order valence-electron chi connectivity index (χ0n) is 5.70. The minimum Gasteiger partial charge on any atom is -0.299 e. The molecule has 0 bridgehead atoms. The highest BCUT2D eigenvalue weighted by molar-refractivity contribution is 7.12. The predicted molar refractivity (Wildman–Crippen MR) is 44.2 cm³/mol. The Bertz CT molecular complexity index is 248. The molecule has 0 fully saturated rings. The number of allylic oxidation sites excluding steroid dienone is 1. The molecule has 0 atom stereocenters. The van der Waals surface area contributed by atoms with Gasteiger partial charge in [0.1, 0.15) is 6.29 Å². The fraction of sp³-hybridized carbons (Fsp3) is 0.125. The molecule has 1 nitrogen and oxygen atoms in total. The van der Waals surface area contributed by atoms with E-state index >= 15 is 0 Å². The third kappa shape index (κ3) is 1.81. The molecule has 0 aliphatic carbocycles. The third-order valence-corrected chi connectivity index (χ3v) is 2.07. The largest absolute Gasteiger partial charge is 0.299 e. The van der Waals surface area contributed by atoms with E-state index in [4.69, 9.17) is 0 Å². The minimum atomic E-state index is 0.787.